The number of hydrogen-bond acceptors (Lipinski definition) is 5. The standard InChI is InChI=1S/C50H55NS4/c1-8-10-11-12-14-41-27-28-45(52-41)46-32-30-44(54-46)42(13-9-2)49-35(4)33-48(55-49)47-31-29-43(53-47)36-17-23-39(24-18-36)51(38-21-15-34(3)16-22-38)40-25-19-37(20-26-40)50(5,6)7/h15-33,42H,8-14H2,1-7H3. The van der Waals surface area contributed by atoms with Crippen LogP contribution in [0.25, 0.3) is 29.9 Å². The van der Waals surface area contributed by atoms with Crippen LogP contribution in [-0.4, -0.2) is 0 Å². The maximum absolute atomic E-state index is 2.43. The van der Waals surface area contributed by atoms with Gasteiger partial charge in [-0.3, -0.25) is 0 Å². The van der Waals surface area contributed by atoms with Crippen molar-refractivity contribution in [1.29, 1.82) is 0 Å². The summed E-state index contributed by atoms with van der Waals surface area (Å²) in [7, 11) is 0. The zero-order chi connectivity index (χ0) is 38.5. The fourth-order valence-corrected chi connectivity index (χ4v) is 12.1. The Bertz CT molecular complexity index is 2270. The van der Waals surface area contributed by atoms with E-state index in [2.05, 4.69) is 169 Å². The molecule has 0 saturated carbocycles. The summed E-state index contributed by atoms with van der Waals surface area (Å²) >= 11 is 7.92. The lowest BCUT2D eigenvalue weighted by molar-refractivity contribution is 0.590. The summed E-state index contributed by atoms with van der Waals surface area (Å²) in [6.45, 7) is 15.9. The highest BCUT2D eigenvalue weighted by atomic mass is 32.1. The van der Waals surface area contributed by atoms with E-state index in [9.17, 15) is 0 Å². The van der Waals surface area contributed by atoms with E-state index in [-0.39, 0.29) is 5.41 Å². The first-order valence-corrected chi connectivity index (χ1v) is 23.3. The number of anilines is 3. The van der Waals surface area contributed by atoms with E-state index in [1.807, 2.05) is 45.3 Å². The fourth-order valence-electron chi connectivity index (χ4n) is 7.35. The number of benzene rings is 3. The van der Waals surface area contributed by atoms with Gasteiger partial charge in [0.15, 0.2) is 0 Å². The zero-order valence-corrected chi connectivity index (χ0v) is 36.8. The largest absolute Gasteiger partial charge is 0.311 e. The number of aryl methyl sites for hydroxylation is 3. The molecule has 0 N–H and O–H groups in total. The van der Waals surface area contributed by atoms with Crippen molar-refractivity contribution in [3.8, 4) is 29.9 Å². The molecule has 4 heterocycles. The average molecular weight is 798 g/mol. The molecule has 55 heavy (non-hydrogen) atoms. The molecule has 0 aliphatic heterocycles. The molecule has 5 heteroatoms. The van der Waals surface area contributed by atoms with Gasteiger partial charge in [-0.2, -0.15) is 0 Å². The minimum Gasteiger partial charge on any atom is -0.311 e. The molecule has 284 valence electrons. The van der Waals surface area contributed by atoms with Crippen LogP contribution in [0, 0.1) is 13.8 Å². The predicted molar refractivity (Wildman–Crippen MR) is 248 cm³/mol. The Labute approximate surface area is 346 Å². The van der Waals surface area contributed by atoms with E-state index in [4.69, 9.17) is 0 Å². The molecule has 0 amide bonds. The maximum Gasteiger partial charge on any atom is 0.0462 e. The summed E-state index contributed by atoms with van der Waals surface area (Å²) < 4.78 is 0. The van der Waals surface area contributed by atoms with Gasteiger partial charge < -0.3 is 4.90 Å². The molecule has 3 aromatic carbocycles. The van der Waals surface area contributed by atoms with Crippen LogP contribution < -0.4 is 4.90 Å². The Morgan fingerprint density at radius 2 is 1.15 bits per heavy atom. The fraction of sp³-hybridized carbons (Fsp3) is 0.320. The van der Waals surface area contributed by atoms with Crippen molar-refractivity contribution >= 4 is 62.4 Å². The van der Waals surface area contributed by atoms with Gasteiger partial charge in [0.1, 0.15) is 0 Å². The Morgan fingerprint density at radius 1 is 0.545 bits per heavy atom. The second kappa shape index (κ2) is 17.6. The third-order valence-electron chi connectivity index (χ3n) is 10.5. The van der Waals surface area contributed by atoms with E-state index in [1.54, 1.807) is 0 Å². The highest BCUT2D eigenvalue weighted by Gasteiger charge is 2.23. The van der Waals surface area contributed by atoms with Crippen molar-refractivity contribution in [1.82, 2.24) is 0 Å². The van der Waals surface area contributed by atoms with Gasteiger partial charge >= 0.3 is 0 Å². The van der Waals surface area contributed by atoms with Crippen LogP contribution in [0.1, 0.15) is 110 Å². The summed E-state index contributed by atoms with van der Waals surface area (Å²) in [5.74, 6) is 0.448. The molecule has 0 aliphatic rings. The minimum atomic E-state index is 0.116. The summed E-state index contributed by atoms with van der Waals surface area (Å²) in [5.41, 5.74) is 8.89. The van der Waals surface area contributed by atoms with Crippen LogP contribution in [0.15, 0.2) is 115 Å². The molecular weight excluding hydrogens is 743 g/mol. The molecule has 0 saturated heterocycles. The van der Waals surface area contributed by atoms with Gasteiger partial charge in [-0.05, 0) is 134 Å². The van der Waals surface area contributed by atoms with Crippen LogP contribution in [0.3, 0.4) is 0 Å². The van der Waals surface area contributed by atoms with Crippen molar-refractivity contribution in [2.75, 3.05) is 4.90 Å². The van der Waals surface area contributed by atoms with Gasteiger partial charge in [-0.1, -0.05) is 102 Å². The van der Waals surface area contributed by atoms with Gasteiger partial charge in [-0.25, -0.2) is 0 Å². The predicted octanol–water partition coefficient (Wildman–Crippen LogP) is 17.4. The summed E-state index contributed by atoms with van der Waals surface area (Å²) in [5, 5.41) is 0. The molecule has 0 bridgehead atoms. The van der Waals surface area contributed by atoms with Crippen LogP contribution in [0.2, 0.25) is 0 Å². The van der Waals surface area contributed by atoms with Crippen LogP contribution >= 0.6 is 45.3 Å². The molecule has 1 atom stereocenters. The van der Waals surface area contributed by atoms with Crippen LogP contribution in [0.5, 0.6) is 0 Å². The van der Waals surface area contributed by atoms with Crippen molar-refractivity contribution in [3.63, 3.8) is 0 Å². The Kier molecular flexibility index (Phi) is 12.6. The maximum atomic E-state index is 2.43. The summed E-state index contributed by atoms with van der Waals surface area (Å²) in [6, 6.07) is 43.6. The molecule has 7 aromatic rings. The highest BCUT2D eigenvalue weighted by molar-refractivity contribution is 7.24. The van der Waals surface area contributed by atoms with Gasteiger partial charge in [0.25, 0.3) is 0 Å². The van der Waals surface area contributed by atoms with Crippen molar-refractivity contribution in [3.05, 3.63) is 147 Å². The van der Waals surface area contributed by atoms with Crippen LogP contribution in [0.4, 0.5) is 17.1 Å². The van der Waals surface area contributed by atoms with E-state index >= 15 is 0 Å². The number of unbranched alkanes of at least 4 members (excludes halogenated alkanes) is 3. The Balaban J connectivity index is 1.10. The van der Waals surface area contributed by atoms with Crippen molar-refractivity contribution in [2.45, 2.75) is 105 Å². The quantitative estimate of drug-likeness (QED) is 0.0934. The van der Waals surface area contributed by atoms with Crippen molar-refractivity contribution < 1.29 is 0 Å². The lowest BCUT2D eigenvalue weighted by Crippen LogP contribution is -2.13. The van der Waals surface area contributed by atoms with E-state index in [0.29, 0.717) is 5.92 Å². The molecule has 1 nitrogen and oxygen atoms in total. The van der Waals surface area contributed by atoms with Gasteiger partial charge in [0.05, 0.1) is 0 Å². The number of nitrogens with zero attached hydrogens (tertiary/aromatic N) is 1. The normalized spacial score (nSPS) is 12.3. The lowest BCUT2D eigenvalue weighted by atomic mass is 9.87. The first kappa shape index (κ1) is 39.5. The number of hydrogen-bond donors (Lipinski definition) is 0. The summed E-state index contributed by atoms with van der Waals surface area (Å²) in [4.78, 5) is 13.8. The minimum absolute atomic E-state index is 0.116. The molecule has 7 rings (SSSR count). The molecule has 4 aromatic heterocycles. The molecule has 0 aliphatic carbocycles. The Morgan fingerprint density at radius 3 is 1.82 bits per heavy atom. The van der Waals surface area contributed by atoms with E-state index in [0.717, 1.165) is 11.4 Å². The van der Waals surface area contributed by atoms with Crippen LogP contribution in [-0.2, 0) is 11.8 Å². The van der Waals surface area contributed by atoms with Gasteiger partial charge in [0, 0.05) is 62.0 Å². The molecule has 0 spiro atoms. The monoisotopic (exact) mass is 797 g/mol. The second-order valence-electron chi connectivity index (χ2n) is 16.0. The highest BCUT2D eigenvalue weighted by Crippen LogP contribution is 2.47. The number of rotatable bonds is 15. The van der Waals surface area contributed by atoms with Gasteiger partial charge in [0.2, 0.25) is 0 Å². The average Bonchev–Trinajstić information content (AvgIpc) is 4.01. The SMILES string of the molecule is CCCCCCc1ccc(-c2ccc(C(CCC)c3sc(-c4ccc(-c5ccc(N(c6ccc(C)cc6)c6ccc(C(C)(C)C)cc6)cc5)s4)cc3C)s2)s1. The van der Waals surface area contributed by atoms with E-state index < -0.39 is 0 Å². The van der Waals surface area contributed by atoms with Gasteiger partial charge in [-0.15, -0.1) is 45.3 Å². The van der Waals surface area contributed by atoms with Crippen molar-refractivity contribution in [2.24, 2.45) is 0 Å². The molecule has 0 fully saturated rings. The first-order chi connectivity index (χ1) is 26.6. The zero-order valence-electron chi connectivity index (χ0n) is 33.6. The lowest BCUT2D eigenvalue weighted by Gasteiger charge is -2.27. The third-order valence-corrected chi connectivity index (χ3v) is 15.8. The number of thiophene rings is 4. The Hall–Kier alpha value is -3.74. The first-order valence-electron chi connectivity index (χ1n) is 20.1. The summed E-state index contributed by atoms with van der Waals surface area (Å²) in [6.07, 6.45) is 8.86. The molecule has 0 radical (unpaired) electrons. The second-order valence-corrected chi connectivity index (χ2v) is 20.4. The van der Waals surface area contributed by atoms with E-state index in [1.165, 1.54) is 112 Å². The smallest absolute Gasteiger partial charge is 0.0462 e. The molecular formula is C50H55NS4. The third kappa shape index (κ3) is 9.29. The topological polar surface area (TPSA) is 3.24 Å². The molecule has 1 unspecified atom stereocenters.